The van der Waals surface area contributed by atoms with Crippen LogP contribution in [0.1, 0.15) is 8.56 Å². The molecule has 0 radical (unpaired) electrons. The Hall–Kier alpha value is -0.0800. The van der Waals surface area contributed by atoms with Crippen LogP contribution in [0.4, 0.5) is 0 Å². The van der Waals surface area contributed by atoms with Gasteiger partial charge >= 0.3 is 0 Å². The van der Waals surface area contributed by atoms with E-state index in [2.05, 4.69) is 10.6 Å². The second-order valence-electron chi connectivity index (χ2n) is 1.50. The summed E-state index contributed by atoms with van der Waals surface area (Å²) in [5, 5.41) is 6.44. The Labute approximate surface area is 46.8 Å². The molecule has 6 heavy (non-hydrogen) atoms. The van der Waals surface area contributed by atoms with Crippen LogP contribution in [0.2, 0.25) is 0 Å². The van der Waals surface area contributed by atoms with Gasteiger partial charge < -0.3 is 10.6 Å². The van der Waals surface area contributed by atoms with Crippen molar-refractivity contribution in [3.05, 3.63) is 0 Å². The second kappa shape index (κ2) is 2.16. The molecule has 1 saturated heterocycles. The monoisotopic (exact) mass is 98.2 g/mol. The highest BCUT2D eigenvalue weighted by molar-refractivity contribution is 4.59. The summed E-state index contributed by atoms with van der Waals surface area (Å²) in [7, 11) is 0. The molecule has 1 fully saturated rings. The molecule has 48 valence electrons. The summed E-state index contributed by atoms with van der Waals surface area (Å²) in [6, 6.07) is 0. The molecule has 1 aliphatic heterocycles. The summed E-state index contributed by atoms with van der Waals surface area (Å²) >= 11 is 0. The van der Waals surface area contributed by atoms with Crippen LogP contribution in [0.3, 0.4) is 0 Å². The summed E-state index contributed by atoms with van der Waals surface area (Å²) in [4.78, 5) is 0. The number of nitrogens with one attached hydrogen (secondary N) is 2. The van der Waals surface area contributed by atoms with E-state index in [1.165, 1.54) is 0 Å². The number of hydrogen-bond donors (Lipinski definition) is 2. The van der Waals surface area contributed by atoms with Gasteiger partial charge in [-0.05, 0) is 0 Å². The summed E-state index contributed by atoms with van der Waals surface area (Å²) in [6.45, 7) is 4.56. The van der Waals surface area contributed by atoms with Crippen molar-refractivity contribution in [2.75, 3.05) is 26.2 Å². The zero-order valence-electron chi connectivity index (χ0n) is 3.83. The van der Waals surface area contributed by atoms with Crippen molar-refractivity contribution in [2.45, 2.75) is 0 Å². The molecule has 0 aromatic carbocycles. The minimum absolute atomic E-state index is 0. The zero-order valence-corrected chi connectivity index (χ0v) is 3.83. The van der Waals surface area contributed by atoms with E-state index in [4.69, 9.17) is 0 Å². The van der Waals surface area contributed by atoms with Crippen LogP contribution in [-0.4, -0.2) is 26.2 Å². The molecule has 2 heteroatoms. The van der Waals surface area contributed by atoms with Gasteiger partial charge in [0.1, 0.15) is 0 Å². The maximum atomic E-state index is 3.22. The number of hydrogen-bond acceptors (Lipinski definition) is 2. The molecule has 1 rings (SSSR count). The highest BCUT2D eigenvalue weighted by Gasteiger charge is 1.91. The first-order valence-electron chi connectivity index (χ1n) is 2.41. The summed E-state index contributed by atoms with van der Waals surface area (Å²) < 4.78 is 0. The molecule has 0 amide bonds. The van der Waals surface area contributed by atoms with Gasteiger partial charge in [-0.2, -0.15) is 0 Å². The minimum atomic E-state index is 0. The van der Waals surface area contributed by atoms with Crippen LogP contribution in [0.5, 0.6) is 0 Å². The topological polar surface area (TPSA) is 24.1 Å². The maximum absolute atomic E-state index is 3.22. The molecule has 2 nitrogen and oxygen atoms in total. The summed E-state index contributed by atoms with van der Waals surface area (Å²) in [6.07, 6.45) is 0. The maximum Gasteiger partial charge on any atom is 0.00772 e. The minimum Gasteiger partial charge on any atom is -0.314 e. The quantitative estimate of drug-likeness (QED) is 0.465. The highest BCUT2D eigenvalue weighted by Crippen LogP contribution is 1.65. The number of piperazine rings is 1. The van der Waals surface area contributed by atoms with E-state index in [0.29, 0.717) is 0 Å². The van der Waals surface area contributed by atoms with Crippen LogP contribution < -0.4 is 10.6 Å². The van der Waals surface area contributed by atoms with E-state index >= 15 is 0 Å². The van der Waals surface area contributed by atoms with Gasteiger partial charge in [0, 0.05) is 34.7 Å². The molecule has 0 atom stereocenters. The van der Waals surface area contributed by atoms with E-state index in [9.17, 15) is 0 Å². The first-order chi connectivity index (χ1) is 3.00. The molecule has 2 N–H and O–H groups in total. The normalized spacial score (nSPS) is 24.0. The first kappa shape index (κ1) is 4.09. The van der Waals surface area contributed by atoms with E-state index < -0.39 is 0 Å². The van der Waals surface area contributed by atoms with Crippen molar-refractivity contribution in [3.8, 4) is 0 Å². The van der Waals surface area contributed by atoms with Crippen molar-refractivity contribution in [3.63, 3.8) is 0 Å². The molecule has 0 spiro atoms. The fourth-order valence-corrected chi connectivity index (χ4v) is 0.604. The van der Waals surface area contributed by atoms with Gasteiger partial charge in [0.2, 0.25) is 0 Å². The molecule has 0 aromatic heterocycles. The van der Waals surface area contributed by atoms with Crippen LogP contribution in [-0.2, 0) is 0 Å². The Morgan fingerprint density at radius 2 is 1.17 bits per heavy atom. The molecule has 0 saturated carbocycles. The highest BCUT2D eigenvalue weighted by atomic mass is 15.0. The molecule has 1 aliphatic rings. The summed E-state index contributed by atoms with van der Waals surface area (Å²) in [5.41, 5.74) is 0. The Bertz CT molecular complexity index is 33.0. The standard InChI is InChI=1S/C4H10N2.6H2/c1-2-6-4-3-5-1;;;;;;/h5-6H,1-4H2;6*1H. The van der Waals surface area contributed by atoms with Gasteiger partial charge in [0.05, 0.1) is 0 Å². The van der Waals surface area contributed by atoms with Crippen molar-refractivity contribution in [2.24, 2.45) is 0 Å². The lowest BCUT2D eigenvalue weighted by molar-refractivity contribution is 0.534. The van der Waals surface area contributed by atoms with Gasteiger partial charge in [-0.1, -0.05) is 0 Å². The van der Waals surface area contributed by atoms with Crippen LogP contribution in [0.15, 0.2) is 0 Å². The number of rotatable bonds is 0. The van der Waals surface area contributed by atoms with Crippen LogP contribution in [0, 0.1) is 0 Å². The van der Waals surface area contributed by atoms with Gasteiger partial charge in [0.25, 0.3) is 0 Å². The van der Waals surface area contributed by atoms with E-state index in [-0.39, 0.29) is 8.56 Å². The Kier molecular flexibility index (Phi) is 1.47. The van der Waals surface area contributed by atoms with Crippen LogP contribution >= 0.6 is 0 Å². The second-order valence-corrected chi connectivity index (χ2v) is 1.50. The van der Waals surface area contributed by atoms with Crippen molar-refractivity contribution >= 4 is 0 Å². The largest absolute Gasteiger partial charge is 0.314 e. The lowest BCUT2D eigenvalue weighted by atomic mass is 10.4. The van der Waals surface area contributed by atoms with E-state index in [0.717, 1.165) is 26.2 Å². The molecule has 1 heterocycles. The Balaban J connectivity index is -0.0000000150. The molecule has 0 aromatic rings. The lowest BCUT2D eigenvalue weighted by Crippen LogP contribution is -2.39. The first-order valence-corrected chi connectivity index (χ1v) is 2.41. The molecule has 0 aliphatic carbocycles. The molecular weight excluding hydrogens is 76.1 g/mol. The fraction of sp³-hybridized carbons (Fsp3) is 1.00. The zero-order chi connectivity index (χ0) is 4.24. The van der Waals surface area contributed by atoms with Crippen molar-refractivity contribution in [1.29, 1.82) is 0 Å². The smallest absolute Gasteiger partial charge is 0.00772 e. The van der Waals surface area contributed by atoms with E-state index in [1.54, 1.807) is 0 Å². The predicted molar refractivity (Wildman–Crippen MR) is 38.4 cm³/mol. The molecular formula is C4H22N2. The molecule has 0 bridgehead atoms. The Morgan fingerprint density at radius 1 is 0.833 bits per heavy atom. The van der Waals surface area contributed by atoms with Crippen molar-refractivity contribution < 1.29 is 8.56 Å². The third kappa shape index (κ3) is 0.954. The third-order valence-corrected chi connectivity index (χ3v) is 0.957. The van der Waals surface area contributed by atoms with Gasteiger partial charge in [-0.15, -0.1) is 0 Å². The molecule has 0 unspecified atom stereocenters. The van der Waals surface area contributed by atoms with Crippen molar-refractivity contribution in [1.82, 2.24) is 10.6 Å². The van der Waals surface area contributed by atoms with Gasteiger partial charge in [0.15, 0.2) is 0 Å². The van der Waals surface area contributed by atoms with Gasteiger partial charge in [-0.25, -0.2) is 0 Å². The third-order valence-electron chi connectivity index (χ3n) is 0.957. The van der Waals surface area contributed by atoms with Crippen LogP contribution in [0.25, 0.3) is 0 Å². The average molecular weight is 98.2 g/mol. The fourth-order valence-electron chi connectivity index (χ4n) is 0.604. The SMILES string of the molecule is C1CNCCN1.[HH].[HH].[HH].[HH].[HH].[HH]. The van der Waals surface area contributed by atoms with Gasteiger partial charge in [-0.3, -0.25) is 0 Å². The Morgan fingerprint density at radius 3 is 1.33 bits per heavy atom. The lowest BCUT2D eigenvalue weighted by Gasteiger charge is -2.11. The predicted octanol–water partition coefficient (Wildman–Crippen LogP) is 0.655. The van der Waals surface area contributed by atoms with E-state index in [1.807, 2.05) is 0 Å². The summed E-state index contributed by atoms with van der Waals surface area (Å²) in [5.74, 6) is 0. The average Bonchev–Trinajstić information content (AvgIpc) is 1.72.